The van der Waals surface area contributed by atoms with Crippen molar-refractivity contribution >= 4 is 17.7 Å². The Kier molecular flexibility index (Phi) is 46.0. The van der Waals surface area contributed by atoms with Crippen LogP contribution < -0.4 is 0 Å². The van der Waals surface area contributed by atoms with Crippen LogP contribution in [0.25, 0.3) is 0 Å². The lowest BCUT2D eigenvalue weighted by Crippen LogP contribution is -2.43. The van der Waals surface area contributed by atoms with Crippen LogP contribution in [0.3, 0.4) is 0 Å². The second kappa shape index (κ2) is 47.4. The van der Waals surface area contributed by atoms with Crippen LogP contribution in [0.4, 0.5) is 0 Å². The molecule has 0 aromatic heterocycles. The van der Waals surface area contributed by atoms with E-state index >= 15 is 0 Å². The molecule has 0 heterocycles. The van der Waals surface area contributed by atoms with Gasteiger partial charge in [0.05, 0.1) is 6.61 Å². The van der Waals surface area contributed by atoms with Crippen molar-refractivity contribution in [1.29, 1.82) is 0 Å². The van der Waals surface area contributed by atoms with E-state index in [4.69, 9.17) is 9.47 Å². The Morgan fingerprint density at radius 2 is 0.644 bits per heavy atom. The summed E-state index contributed by atoms with van der Waals surface area (Å²) < 4.78 is 11.4. The first kappa shape index (κ1) is 57.3. The third-order valence-corrected chi connectivity index (χ3v) is 12.0. The number of carbonyl (C=O) groups excluding carboxylic acids is 3. The molecule has 6 nitrogen and oxygen atoms in total. The molecule has 6 heteroatoms. The summed E-state index contributed by atoms with van der Waals surface area (Å²) >= 11 is 0. The topological polar surface area (TPSA) is 89.9 Å². The predicted molar refractivity (Wildman–Crippen MR) is 252 cm³/mol. The number of esters is 2. The molecule has 59 heavy (non-hydrogen) atoms. The second-order valence-corrected chi connectivity index (χ2v) is 17.9. The fourth-order valence-electron chi connectivity index (χ4n) is 8.06. The van der Waals surface area contributed by atoms with Gasteiger partial charge in [0.1, 0.15) is 0 Å². The highest BCUT2D eigenvalue weighted by molar-refractivity contribution is 5.86. The van der Waals surface area contributed by atoms with Gasteiger partial charge in [-0.05, 0) is 44.9 Å². The lowest BCUT2D eigenvalue weighted by atomic mass is 10.0. The zero-order valence-electron chi connectivity index (χ0n) is 39.7. The van der Waals surface area contributed by atoms with Crippen molar-refractivity contribution in [3.05, 3.63) is 12.2 Å². The first-order valence-corrected chi connectivity index (χ1v) is 26.2. The summed E-state index contributed by atoms with van der Waals surface area (Å²) in [4.78, 5) is 39.3. The van der Waals surface area contributed by atoms with Crippen LogP contribution in [-0.4, -0.2) is 41.6 Å². The maximum atomic E-state index is 13.5. The van der Waals surface area contributed by atoms with Crippen LogP contribution in [0.5, 0.6) is 0 Å². The molecule has 348 valence electrons. The molecule has 0 aromatic rings. The monoisotopic (exact) mass is 833 g/mol. The molecule has 1 N–H and O–H groups in total. The Labute approximate surface area is 367 Å². The van der Waals surface area contributed by atoms with Crippen LogP contribution in [0.1, 0.15) is 290 Å². The highest BCUT2D eigenvalue weighted by Crippen LogP contribution is 2.19. The first-order chi connectivity index (χ1) is 29.0. The van der Waals surface area contributed by atoms with Crippen LogP contribution >= 0.6 is 0 Å². The maximum Gasteiger partial charge on any atom is 0.306 e. The Morgan fingerprint density at radius 3 is 0.966 bits per heavy atom. The van der Waals surface area contributed by atoms with E-state index in [0.29, 0.717) is 12.8 Å². The average molecular weight is 833 g/mol. The molecule has 0 rings (SSSR count). The molecule has 0 saturated heterocycles. The van der Waals surface area contributed by atoms with Gasteiger partial charge in [-0.25, -0.2) is 0 Å². The highest BCUT2D eigenvalue weighted by Gasteiger charge is 2.34. The van der Waals surface area contributed by atoms with Crippen LogP contribution in [0, 0.1) is 0 Å². The number of ether oxygens (including phenoxy) is 2. The van der Waals surface area contributed by atoms with Crippen molar-refractivity contribution in [1.82, 2.24) is 0 Å². The number of rotatable bonds is 48. The van der Waals surface area contributed by atoms with Gasteiger partial charge in [-0.3, -0.25) is 14.4 Å². The Bertz CT molecular complexity index is 931. The molecule has 0 amide bonds. The second-order valence-electron chi connectivity index (χ2n) is 17.9. The SMILES string of the molecule is CCCCCCCCC=CCCCCCCCC(=O)C(OC(=O)CCCCCCCCCCCCCCC)C(CO)OC(=O)CCCCCCCCCCCCCCC. The number of carbonyl (C=O) groups is 3. The molecule has 0 aliphatic rings. The van der Waals surface area contributed by atoms with Gasteiger partial charge in [0.25, 0.3) is 0 Å². The van der Waals surface area contributed by atoms with Crippen molar-refractivity contribution in [2.45, 2.75) is 303 Å². The zero-order valence-corrected chi connectivity index (χ0v) is 39.7. The minimum Gasteiger partial charge on any atom is -0.455 e. The lowest BCUT2D eigenvalue weighted by Gasteiger charge is -2.25. The number of aliphatic hydroxyl groups excluding tert-OH is 1. The summed E-state index contributed by atoms with van der Waals surface area (Å²) in [6, 6.07) is 0. The van der Waals surface area contributed by atoms with Crippen molar-refractivity contribution in [2.75, 3.05) is 6.61 Å². The summed E-state index contributed by atoms with van der Waals surface area (Å²) in [6.45, 7) is 6.23. The zero-order chi connectivity index (χ0) is 43.1. The van der Waals surface area contributed by atoms with E-state index in [1.807, 2.05) is 0 Å². The molecule has 0 radical (unpaired) electrons. The molecule has 0 aromatic carbocycles. The maximum absolute atomic E-state index is 13.5. The molecular weight excluding hydrogens is 733 g/mol. The normalized spacial score (nSPS) is 12.6. The van der Waals surface area contributed by atoms with Gasteiger partial charge in [0, 0.05) is 19.3 Å². The molecule has 0 aliphatic heterocycles. The minimum atomic E-state index is -1.25. The number of unbranched alkanes of at least 4 members (excludes halogenated alkanes) is 35. The van der Waals surface area contributed by atoms with Crippen molar-refractivity contribution in [2.24, 2.45) is 0 Å². The van der Waals surface area contributed by atoms with E-state index in [-0.39, 0.29) is 25.0 Å². The van der Waals surface area contributed by atoms with E-state index in [1.54, 1.807) is 0 Å². The third-order valence-electron chi connectivity index (χ3n) is 12.0. The quantitative estimate of drug-likeness (QED) is 0.0373. The lowest BCUT2D eigenvalue weighted by molar-refractivity contribution is -0.175. The van der Waals surface area contributed by atoms with Crippen molar-refractivity contribution < 1.29 is 29.0 Å². The minimum absolute atomic E-state index is 0.236. The predicted octanol–water partition coefficient (Wildman–Crippen LogP) is 16.4. The Morgan fingerprint density at radius 1 is 0.373 bits per heavy atom. The number of ketones is 1. The fraction of sp³-hybridized carbons (Fsp3) is 0.906. The van der Waals surface area contributed by atoms with Crippen LogP contribution in [-0.2, 0) is 23.9 Å². The van der Waals surface area contributed by atoms with Gasteiger partial charge in [0.2, 0.25) is 0 Å². The largest absolute Gasteiger partial charge is 0.455 e. The fourth-order valence-corrected chi connectivity index (χ4v) is 8.06. The van der Waals surface area contributed by atoms with Gasteiger partial charge < -0.3 is 14.6 Å². The van der Waals surface area contributed by atoms with Gasteiger partial charge in [-0.1, -0.05) is 238 Å². The Balaban J connectivity index is 4.62. The van der Waals surface area contributed by atoms with Crippen LogP contribution in [0.2, 0.25) is 0 Å². The smallest absolute Gasteiger partial charge is 0.306 e. The van der Waals surface area contributed by atoms with E-state index in [9.17, 15) is 19.5 Å². The molecule has 2 unspecified atom stereocenters. The number of hydrogen-bond donors (Lipinski definition) is 1. The molecule has 0 aliphatic carbocycles. The summed E-state index contributed by atoms with van der Waals surface area (Å²) in [7, 11) is 0. The molecule has 0 fully saturated rings. The van der Waals surface area contributed by atoms with Gasteiger partial charge in [-0.15, -0.1) is 0 Å². The standard InChI is InChI=1S/C53H100O6/c1-4-7-10-13-16-19-22-25-26-29-30-33-36-39-42-45-49(55)53(59-52(57)47-44-41-38-35-32-28-24-21-18-15-12-9-6-3)50(48-54)58-51(56)46-43-40-37-34-31-27-23-20-17-14-11-8-5-2/h25-26,50,53-54H,4-24,27-48H2,1-3H3. The van der Waals surface area contributed by atoms with Crippen LogP contribution in [0.15, 0.2) is 12.2 Å². The van der Waals surface area contributed by atoms with E-state index in [0.717, 1.165) is 64.2 Å². The van der Waals surface area contributed by atoms with Gasteiger partial charge in [-0.2, -0.15) is 0 Å². The van der Waals surface area contributed by atoms with E-state index in [1.165, 1.54) is 173 Å². The summed E-state index contributed by atoms with van der Waals surface area (Å²) in [5, 5.41) is 10.3. The number of aliphatic hydroxyl groups is 1. The molecule has 0 saturated carbocycles. The highest BCUT2D eigenvalue weighted by atomic mass is 16.6. The summed E-state index contributed by atoms with van der Waals surface area (Å²) in [5.74, 6) is -1.13. The average Bonchev–Trinajstić information content (AvgIpc) is 3.23. The molecule has 2 atom stereocenters. The number of hydrogen-bond acceptors (Lipinski definition) is 6. The summed E-state index contributed by atoms with van der Waals surface area (Å²) in [6.07, 6.45) is 50.1. The van der Waals surface area contributed by atoms with Gasteiger partial charge in [0.15, 0.2) is 18.0 Å². The van der Waals surface area contributed by atoms with Crippen molar-refractivity contribution in [3.63, 3.8) is 0 Å². The summed E-state index contributed by atoms with van der Waals surface area (Å²) in [5.41, 5.74) is 0. The van der Waals surface area contributed by atoms with Crippen molar-refractivity contribution in [3.8, 4) is 0 Å². The first-order valence-electron chi connectivity index (χ1n) is 26.2. The molecule has 0 bridgehead atoms. The van der Waals surface area contributed by atoms with Gasteiger partial charge >= 0.3 is 11.9 Å². The molecule has 0 spiro atoms. The molecular formula is C53H100O6. The third kappa shape index (κ3) is 41.4. The Hall–Kier alpha value is -1.69. The van der Waals surface area contributed by atoms with E-state index in [2.05, 4.69) is 32.9 Å². The number of Topliss-reactive ketones (excluding diaryl/α,β-unsaturated/α-hetero) is 1. The number of allylic oxidation sites excluding steroid dienone is 2. The van der Waals surface area contributed by atoms with E-state index < -0.39 is 30.8 Å².